The van der Waals surface area contributed by atoms with E-state index in [1.807, 2.05) is 13.8 Å². The average molecular weight is 425 g/mol. The molecule has 0 saturated heterocycles. The predicted molar refractivity (Wildman–Crippen MR) is 105 cm³/mol. The number of carbonyl (C=O) groups excluding carboxylic acids is 1. The molecule has 0 aliphatic carbocycles. The largest absolute Gasteiger partial charge is 0.493 e. The van der Waals surface area contributed by atoms with Crippen molar-refractivity contribution in [3.63, 3.8) is 0 Å². The lowest BCUT2D eigenvalue weighted by atomic mass is 10.2. The van der Waals surface area contributed by atoms with Crippen molar-refractivity contribution in [1.82, 2.24) is 5.32 Å². The highest BCUT2D eigenvalue weighted by atomic mass is 79.9. The van der Waals surface area contributed by atoms with E-state index >= 15 is 0 Å². The molecule has 0 spiro atoms. The molecule has 25 heavy (non-hydrogen) atoms. The van der Waals surface area contributed by atoms with E-state index in [1.54, 1.807) is 30.3 Å². The lowest BCUT2D eigenvalue weighted by Gasteiger charge is -2.12. The monoisotopic (exact) mass is 424 g/mol. The molecule has 2 rings (SSSR count). The van der Waals surface area contributed by atoms with Gasteiger partial charge >= 0.3 is 0 Å². The maximum Gasteiger partial charge on any atom is 0.257 e. The zero-order valence-electron chi connectivity index (χ0n) is 13.8. The molecule has 0 aromatic heterocycles. The third-order valence-corrected chi connectivity index (χ3v) is 3.78. The summed E-state index contributed by atoms with van der Waals surface area (Å²) in [6.07, 6.45) is 0. The van der Waals surface area contributed by atoms with Crippen LogP contribution in [0.15, 0.2) is 46.9 Å². The minimum absolute atomic E-state index is 0.0136. The first-order valence-corrected chi connectivity index (χ1v) is 8.85. The van der Waals surface area contributed by atoms with Crippen molar-refractivity contribution >= 4 is 44.9 Å². The summed E-state index contributed by atoms with van der Waals surface area (Å²) in [5.74, 6) is 0.120. The number of anilines is 1. The number of ether oxygens (including phenoxy) is 1. The summed E-state index contributed by atoms with van der Waals surface area (Å²) >= 11 is 8.25. The maximum absolute atomic E-state index is 13.8. The number of hydrogen-bond acceptors (Lipinski definition) is 3. The Morgan fingerprint density at radius 2 is 2.04 bits per heavy atom. The molecule has 4 nitrogen and oxygen atoms in total. The number of rotatable bonds is 5. The van der Waals surface area contributed by atoms with Gasteiger partial charge in [0.15, 0.2) is 5.11 Å². The second-order valence-corrected chi connectivity index (χ2v) is 7.09. The van der Waals surface area contributed by atoms with Gasteiger partial charge in [-0.2, -0.15) is 0 Å². The van der Waals surface area contributed by atoms with Crippen molar-refractivity contribution in [2.24, 2.45) is 5.92 Å². The molecule has 0 bridgehead atoms. The zero-order valence-corrected chi connectivity index (χ0v) is 16.2. The van der Waals surface area contributed by atoms with E-state index in [-0.39, 0.29) is 10.8 Å². The van der Waals surface area contributed by atoms with Crippen LogP contribution in [0, 0.1) is 11.7 Å². The number of benzene rings is 2. The topological polar surface area (TPSA) is 50.4 Å². The van der Waals surface area contributed by atoms with Crippen molar-refractivity contribution in [3.8, 4) is 5.75 Å². The lowest BCUT2D eigenvalue weighted by molar-refractivity contribution is 0.0977. The minimum atomic E-state index is -0.477. The Kier molecular flexibility index (Phi) is 6.90. The molecule has 0 heterocycles. The van der Waals surface area contributed by atoms with Crippen molar-refractivity contribution in [2.45, 2.75) is 13.8 Å². The Labute approximate surface area is 159 Å². The van der Waals surface area contributed by atoms with E-state index < -0.39 is 11.7 Å². The second kappa shape index (κ2) is 8.92. The summed E-state index contributed by atoms with van der Waals surface area (Å²) in [5, 5.41) is 5.20. The van der Waals surface area contributed by atoms with Crippen molar-refractivity contribution < 1.29 is 13.9 Å². The summed E-state index contributed by atoms with van der Waals surface area (Å²) in [5.41, 5.74) is 0.587. The summed E-state index contributed by atoms with van der Waals surface area (Å²) < 4.78 is 20.0. The van der Waals surface area contributed by atoms with Gasteiger partial charge in [0.25, 0.3) is 5.91 Å². The third kappa shape index (κ3) is 6.10. The quantitative estimate of drug-likeness (QED) is 0.679. The van der Waals surface area contributed by atoms with Crippen LogP contribution in [0.1, 0.15) is 24.2 Å². The molecule has 0 aliphatic heterocycles. The predicted octanol–water partition coefficient (Wildman–Crippen LogP) is 4.75. The van der Waals surface area contributed by atoms with Crippen LogP contribution in [0.2, 0.25) is 0 Å². The van der Waals surface area contributed by atoms with Crippen LogP contribution in [0.5, 0.6) is 5.75 Å². The zero-order chi connectivity index (χ0) is 18.4. The van der Waals surface area contributed by atoms with Gasteiger partial charge in [-0.15, -0.1) is 0 Å². The molecule has 0 fully saturated rings. The third-order valence-electron chi connectivity index (χ3n) is 3.09. The van der Waals surface area contributed by atoms with Crippen molar-refractivity contribution in [1.29, 1.82) is 0 Å². The lowest BCUT2D eigenvalue weighted by Crippen LogP contribution is -2.34. The Balaban J connectivity index is 1.99. The molecule has 0 radical (unpaired) electrons. The summed E-state index contributed by atoms with van der Waals surface area (Å²) in [6, 6.07) is 11.3. The number of amides is 1. The van der Waals surface area contributed by atoms with E-state index in [9.17, 15) is 9.18 Å². The van der Waals surface area contributed by atoms with Gasteiger partial charge in [-0.1, -0.05) is 35.8 Å². The van der Waals surface area contributed by atoms with Gasteiger partial charge in [-0.25, -0.2) is 4.39 Å². The minimum Gasteiger partial charge on any atom is -0.493 e. The molecular formula is C18H18BrFN2O2S. The van der Waals surface area contributed by atoms with E-state index in [1.165, 1.54) is 12.1 Å². The molecule has 2 N–H and O–H groups in total. The van der Waals surface area contributed by atoms with Crippen LogP contribution < -0.4 is 15.4 Å². The molecule has 0 unspecified atom stereocenters. The Hall–Kier alpha value is -1.99. The highest BCUT2D eigenvalue weighted by molar-refractivity contribution is 9.10. The number of hydrogen-bond donors (Lipinski definition) is 2. The normalized spacial score (nSPS) is 10.4. The van der Waals surface area contributed by atoms with Gasteiger partial charge in [0.1, 0.15) is 11.6 Å². The fraction of sp³-hybridized carbons (Fsp3) is 0.222. The first-order valence-electron chi connectivity index (χ1n) is 7.65. The molecule has 0 atom stereocenters. The molecule has 1 amide bonds. The fourth-order valence-corrected chi connectivity index (χ4v) is 2.45. The van der Waals surface area contributed by atoms with E-state index in [0.717, 1.165) is 0 Å². The van der Waals surface area contributed by atoms with Crippen molar-refractivity contribution in [3.05, 3.63) is 58.3 Å². The van der Waals surface area contributed by atoms with E-state index in [4.69, 9.17) is 17.0 Å². The van der Waals surface area contributed by atoms with E-state index in [0.29, 0.717) is 28.3 Å². The van der Waals surface area contributed by atoms with Crippen LogP contribution >= 0.6 is 28.1 Å². The number of thiocarbonyl (C=S) groups is 1. The van der Waals surface area contributed by atoms with E-state index in [2.05, 4.69) is 26.6 Å². The molecule has 2 aromatic rings. The van der Waals surface area contributed by atoms with Crippen LogP contribution in [-0.4, -0.2) is 17.6 Å². The second-order valence-electron chi connectivity index (χ2n) is 5.77. The highest BCUT2D eigenvalue weighted by Gasteiger charge is 2.11. The maximum atomic E-state index is 13.8. The fourth-order valence-electron chi connectivity index (χ4n) is 1.91. The first-order chi connectivity index (χ1) is 11.8. The molecule has 2 aromatic carbocycles. The first kappa shape index (κ1) is 19.3. The Morgan fingerprint density at radius 1 is 1.28 bits per heavy atom. The smallest absolute Gasteiger partial charge is 0.257 e. The van der Waals surface area contributed by atoms with Gasteiger partial charge in [0.05, 0.1) is 12.3 Å². The summed E-state index contributed by atoms with van der Waals surface area (Å²) in [7, 11) is 0. The summed E-state index contributed by atoms with van der Waals surface area (Å²) in [4.78, 5) is 12.3. The highest BCUT2D eigenvalue weighted by Crippen LogP contribution is 2.19. The molecule has 0 saturated carbocycles. The van der Waals surface area contributed by atoms with Crippen LogP contribution in [0.25, 0.3) is 0 Å². The van der Waals surface area contributed by atoms with Crippen LogP contribution in [-0.2, 0) is 0 Å². The SMILES string of the molecule is CC(C)COc1cccc(C(=O)NC(=S)Nc2ccc(Br)cc2F)c1. The van der Waals surface area contributed by atoms with Crippen LogP contribution in [0.3, 0.4) is 0 Å². The molecule has 132 valence electrons. The standard InChI is InChI=1S/C18H18BrFN2O2S/c1-11(2)10-24-14-5-3-4-12(8-14)17(23)22-18(25)21-16-7-6-13(19)9-15(16)20/h3-9,11H,10H2,1-2H3,(H2,21,22,23,25). The van der Waals surface area contributed by atoms with Crippen molar-refractivity contribution in [2.75, 3.05) is 11.9 Å². The van der Waals surface area contributed by atoms with Crippen LogP contribution in [0.4, 0.5) is 10.1 Å². The van der Waals surface area contributed by atoms with Gasteiger partial charge in [0, 0.05) is 10.0 Å². The summed E-state index contributed by atoms with van der Waals surface area (Å²) in [6.45, 7) is 4.65. The molecule has 0 aliphatic rings. The molecular weight excluding hydrogens is 407 g/mol. The van der Waals surface area contributed by atoms with Gasteiger partial charge in [0.2, 0.25) is 0 Å². The Morgan fingerprint density at radius 3 is 2.72 bits per heavy atom. The number of nitrogens with one attached hydrogen (secondary N) is 2. The van der Waals surface area contributed by atoms with Gasteiger partial charge < -0.3 is 10.1 Å². The molecule has 7 heteroatoms. The van der Waals surface area contributed by atoms with Gasteiger partial charge in [-0.05, 0) is 54.5 Å². The number of halogens is 2. The van der Waals surface area contributed by atoms with Gasteiger partial charge in [-0.3, -0.25) is 10.1 Å². The Bertz CT molecular complexity index is 783. The average Bonchev–Trinajstić information content (AvgIpc) is 2.56. The number of carbonyl (C=O) groups is 1.